The lowest BCUT2D eigenvalue weighted by Gasteiger charge is -2.18. The van der Waals surface area contributed by atoms with E-state index < -0.39 is 0 Å². The van der Waals surface area contributed by atoms with Crippen molar-refractivity contribution in [3.05, 3.63) is 35.6 Å². The first-order chi connectivity index (χ1) is 8.13. The van der Waals surface area contributed by atoms with Gasteiger partial charge in [0.25, 0.3) is 0 Å². The highest BCUT2D eigenvalue weighted by atomic mass is 19.1. The van der Waals surface area contributed by atoms with Crippen molar-refractivity contribution in [3.63, 3.8) is 0 Å². The smallest absolute Gasteiger partial charge is 0.126 e. The van der Waals surface area contributed by atoms with Gasteiger partial charge in [-0.15, -0.1) is 0 Å². The fourth-order valence-electron chi connectivity index (χ4n) is 2.20. The molecule has 1 N–H and O–H groups in total. The monoisotopic (exact) mass is 237 g/mol. The van der Waals surface area contributed by atoms with E-state index in [1.54, 1.807) is 12.1 Å². The van der Waals surface area contributed by atoms with Crippen molar-refractivity contribution in [1.82, 2.24) is 5.32 Å². The molecule has 1 aromatic rings. The first-order valence-corrected chi connectivity index (χ1v) is 6.60. The topological polar surface area (TPSA) is 12.0 Å². The predicted molar refractivity (Wildman–Crippen MR) is 71.6 cm³/mol. The average Bonchev–Trinajstić information content (AvgIpc) is 2.29. The minimum Gasteiger partial charge on any atom is -0.314 e. The van der Waals surface area contributed by atoms with Crippen LogP contribution < -0.4 is 5.32 Å². The Balaban J connectivity index is 2.39. The summed E-state index contributed by atoms with van der Waals surface area (Å²) in [6.07, 6.45) is 3.07. The summed E-state index contributed by atoms with van der Waals surface area (Å²) in [6.45, 7) is 7.63. The molecule has 0 aliphatic carbocycles. The summed E-state index contributed by atoms with van der Waals surface area (Å²) in [5.74, 6) is 0.430. The van der Waals surface area contributed by atoms with Crippen molar-refractivity contribution in [2.45, 2.75) is 46.1 Å². The van der Waals surface area contributed by atoms with Gasteiger partial charge < -0.3 is 5.32 Å². The predicted octanol–water partition coefficient (Wildman–Crippen LogP) is 3.78. The minimum absolute atomic E-state index is 0.0754. The number of rotatable bonds is 7. The number of hydrogen-bond acceptors (Lipinski definition) is 1. The molecule has 1 nitrogen and oxygen atoms in total. The Hall–Kier alpha value is -0.890. The van der Waals surface area contributed by atoms with Crippen LogP contribution in [0.3, 0.4) is 0 Å². The zero-order valence-corrected chi connectivity index (χ0v) is 11.2. The summed E-state index contributed by atoms with van der Waals surface area (Å²) in [6, 6.07) is 7.59. The second-order valence-corrected chi connectivity index (χ2v) is 4.99. The van der Waals surface area contributed by atoms with Crippen molar-refractivity contribution in [1.29, 1.82) is 0 Å². The first kappa shape index (κ1) is 14.2. The van der Waals surface area contributed by atoms with Crippen LogP contribution in [-0.2, 0) is 6.42 Å². The molecule has 1 aromatic carbocycles. The average molecular weight is 237 g/mol. The van der Waals surface area contributed by atoms with Gasteiger partial charge in [-0.05, 0) is 50.3 Å². The molecule has 17 heavy (non-hydrogen) atoms. The summed E-state index contributed by atoms with van der Waals surface area (Å²) < 4.78 is 13.5. The molecule has 0 aliphatic heterocycles. The van der Waals surface area contributed by atoms with Gasteiger partial charge >= 0.3 is 0 Å². The maximum atomic E-state index is 13.5. The van der Waals surface area contributed by atoms with E-state index in [9.17, 15) is 4.39 Å². The molecule has 0 aromatic heterocycles. The molecule has 0 aliphatic rings. The van der Waals surface area contributed by atoms with Crippen LogP contribution in [0.15, 0.2) is 24.3 Å². The Morgan fingerprint density at radius 2 is 1.94 bits per heavy atom. The lowest BCUT2D eigenvalue weighted by molar-refractivity contribution is 0.415. The van der Waals surface area contributed by atoms with E-state index in [0.29, 0.717) is 12.0 Å². The van der Waals surface area contributed by atoms with E-state index in [4.69, 9.17) is 0 Å². The highest BCUT2D eigenvalue weighted by Crippen LogP contribution is 2.16. The molecular weight excluding hydrogens is 213 g/mol. The number of hydrogen-bond donors (Lipinski definition) is 1. The summed E-state index contributed by atoms with van der Waals surface area (Å²) in [4.78, 5) is 0. The lowest BCUT2D eigenvalue weighted by atomic mass is 9.94. The number of nitrogens with one attached hydrogen (secondary N) is 1. The van der Waals surface area contributed by atoms with Crippen molar-refractivity contribution in [2.75, 3.05) is 6.54 Å². The van der Waals surface area contributed by atoms with Gasteiger partial charge in [0.2, 0.25) is 0 Å². The van der Waals surface area contributed by atoms with E-state index >= 15 is 0 Å². The third-order valence-corrected chi connectivity index (χ3v) is 3.02. The highest BCUT2D eigenvalue weighted by molar-refractivity contribution is 5.17. The third-order valence-electron chi connectivity index (χ3n) is 3.02. The lowest BCUT2D eigenvalue weighted by Crippen LogP contribution is -2.28. The molecule has 0 bridgehead atoms. The standard InChI is InChI=1S/C15H24FN/c1-4-9-17-13(3)10-12(2)11-14-7-5-6-8-15(14)16/h5-8,12-13,17H,4,9-11H2,1-3H3. The maximum Gasteiger partial charge on any atom is 0.126 e. The molecule has 1 rings (SSSR count). The van der Waals surface area contributed by atoms with Crippen LogP contribution in [0.1, 0.15) is 39.2 Å². The van der Waals surface area contributed by atoms with E-state index in [2.05, 4.69) is 26.1 Å². The molecule has 0 radical (unpaired) electrons. The maximum absolute atomic E-state index is 13.5. The SMILES string of the molecule is CCCNC(C)CC(C)Cc1ccccc1F. The Labute approximate surface area is 104 Å². The molecule has 0 saturated heterocycles. The van der Waals surface area contributed by atoms with Crippen LogP contribution >= 0.6 is 0 Å². The van der Waals surface area contributed by atoms with Gasteiger partial charge in [0, 0.05) is 6.04 Å². The van der Waals surface area contributed by atoms with Crippen LogP contribution in [0.5, 0.6) is 0 Å². The van der Waals surface area contributed by atoms with Gasteiger partial charge in [-0.1, -0.05) is 32.0 Å². The van der Waals surface area contributed by atoms with Gasteiger partial charge in [-0.3, -0.25) is 0 Å². The molecule has 2 unspecified atom stereocenters. The molecule has 2 atom stereocenters. The van der Waals surface area contributed by atoms with Gasteiger partial charge in [0.15, 0.2) is 0 Å². The fraction of sp³-hybridized carbons (Fsp3) is 0.600. The summed E-state index contributed by atoms with van der Waals surface area (Å²) in [7, 11) is 0. The molecule has 0 fully saturated rings. The van der Waals surface area contributed by atoms with Crippen LogP contribution in [0, 0.1) is 11.7 Å². The van der Waals surface area contributed by atoms with Crippen molar-refractivity contribution >= 4 is 0 Å². The molecule has 2 heteroatoms. The van der Waals surface area contributed by atoms with Crippen LogP contribution in [0.2, 0.25) is 0 Å². The summed E-state index contributed by atoms with van der Waals surface area (Å²) >= 11 is 0. The molecule has 96 valence electrons. The minimum atomic E-state index is -0.0754. The van der Waals surface area contributed by atoms with Crippen molar-refractivity contribution < 1.29 is 4.39 Å². The summed E-state index contributed by atoms with van der Waals surface area (Å²) in [5, 5.41) is 3.47. The highest BCUT2D eigenvalue weighted by Gasteiger charge is 2.10. The summed E-state index contributed by atoms with van der Waals surface area (Å²) in [5.41, 5.74) is 0.836. The third kappa shape index (κ3) is 5.31. The molecule has 0 heterocycles. The van der Waals surface area contributed by atoms with E-state index in [1.165, 1.54) is 0 Å². The fourth-order valence-corrected chi connectivity index (χ4v) is 2.20. The molecule has 0 spiro atoms. The van der Waals surface area contributed by atoms with E-state index in [-0.39, 0.29) is 5.82 Å². The normalized spacial score (nSPS) is 14.6. The number of halogens is 1. The zero-order valence-electron chi connectivity index (χ0n) is 11.2. The Bertz CT molecular complexity index is 324. The van der Waals surface area contributed by atoms with Crippen molar-refractivity contribution in [3.8, 4) is 0 Å². The van der Waals surface area contributed by atoms with Crippen molar-refractivity contribution in [2.24, 2.45) is 5.92 Å². The Morgan fingerprint density at radius 1 is 1.24 bits per heavy atom. The van der Waals surface area contributed by atoms with Crippen LogP contribution in [0.4, 0.5) is 4.39 Å². The van der Waals surface area contributed by atoms with E-state index in [0.717, 1.165) is 31.4 Å². The second kappa shape index (κ2) is 7.44. The second-order valence-electron chi connectivity index (χ2n) is 4.99. The Kier molecular flexibility index (Phi) is 6.20. The first-order valence-electron chi connectivity index (χ1n) is 6.60. The van der Waals surface area contributed by atoms with Gasteiger partial charge in [0.05, 0.1) is 0 Å². The molecule has 0 amide bonds. The van der Waals surface area contributed by atoms with E-state index in [1.807, 2.05) is 12.1 Å². The molecular formula is C15H24FN. The van der Waals surface area contributed by atoms with Crippen LogP contribution in [-0.4, -0.2) is 12.6 Å². The van der Waals surface area contributed by atoms with Gasteiger partial charge in [0.1, 0.15) is 5.82 Å². The Morgan fingerprint density at radius 3 is 2.59 bits per heavy atom. The quantitative estimate of drug-likeness (QED) is 0.761. The number of benzene rings is 1. The van der Waals surface area contributed by atoms with Crippen LogP contribution in [0.25, 0.3) is 0 Å². The zero-order chi connectivity index (χ0) is 12.7. The molecule has 0 saturated carbocycles. The van der Waals surface area contributed by atoms with Gasteiger partial charge in [-0.25, -0.2) is 4.39 Å². The van der Waals surface area contributed by atoms with Gasteiger partial charge in [-0.2, -0.15) is 0 Å². The largest absolute Gasteiger partial charge is 0.314 e.